The van der Waals surface area contributed by atoms with Gasteiger partial charge in [0.05, 0.1) is 23.6 Å². The number of nitrogens with zero attached hydrogens (tertiary/aromatic N) is 2. The smallest absolute Gasteiger partial charge is 0.276 e. The molecule has 0 aliphatic heterocycles. The highest BCUT2D eigenvalue weighted by molar-refractivity contribution is 5.81. The van der Waals surface area contributed by atoms with Gasteiger partial charge < -0.3 is 16.1 Å². The van der Waals surface area contributed by atoms with E-state index in [1.165, 1.54) is 12.1 Å². The average molecular weight is 266 g/mol. The van der Waals surface area contributed by atoms with E-state index < -0.39 is 4.92 Å². The van der Waals surface area contributed by atoms with Crippen molar-refractivity contribution in [3.63, 3.8) is 0 Å². The van der Waals surface area contributed by atoms with Crippen molar-refractivity contribution in [3.8, 4) is 0 Å². The van der Waals surface area contributed by atoms with Crippen LogP contribution < -0.4 is 21.9 Å². The summed E-state index contributed by atoms with van der Waals surface area (Å²) in [6.45, 7) is 0.00861. The van der Waals surface area contributed by atoms with E-state index in [1.54, 1.807) is 0 Å². The number of hydrogen-bond acceptors (Lipinski definition) is 7. The van der Waals surface area contributed by atoms with Gasteiger partial charge in [0.25, 0.3) is 5.69 Å². The molecule has 9 nitrogen and oxygen atoms in total. The lowest BCUT2D eigenvalue weighted by molar-refractivity contribution is -0.384. The van der Waals surface area contributed by atoms with Crippen LogP contribution in [0.1, 0.15) is 12.8 Å². The van der Waals surface area contributed by atoms with Gasteiger partial charge in [-0.3, -0.25) is 14.9 Å². The molecule has 1 aromatic heterocycles. The molecule has 1 fully saturated rings. The van der Waals surface area contributed by atoms with E-state index in [1.807, 2.05) is 0 Å². The van der Waals surface area contributed by atoms with Gasteiger partial charge in [0.1, 0.15) is 11.6 Å². The predicted molar refractivity (Wildman–Crippen MR) is 68.4 cm³/mol. The third-order valence-electron chi connectivity index (χ3n) is 2.54. The second-order valence-corrected chi connectivity index (χ2v) is 4.19. The number of pyridine rings is 1. The molecule has 0 spiro atoms. The van der Waals surface area contributed by atoms with E-state index in [9.17, 15) is 14.9 Å². The van der Waals surface area contributed by atoms with Crippen LogP contribution in [0.4, 0.5) is 17.3 Å². The number of amides is 1. The second kappa shape index (κ2) is 5.48. The number of nitrogens with one attached hydrogen (secondary N) is 3. The van der Waals surface area contributed by atoms with Gasteiger partial charge in [-0.05, 0) is 12.8 Å². The Morgan fingerprint density at radius 3 is 2.74 bits per heavy atom. The number of aromatic nitrogens is 1. The summed E-state index contributed by atoms with van der Waals surface area (Å²) in [4.78, 5) is 25.6. The molecule has 1 aromatic rings. The average Bonchev–Trinajstić information content (AvgIpc) is 3.19. The molecular formula is C10H14N6O3. The van der Waals surface area contributed by atoms with Crippen LogP contribution in [0.5, 0.6) is 0 Å². The molecule has 102 valence electrons. The molecule has 19 heavy (non-hydrogen) atoms. The first kappa shape index (κ1) is 13.0. The Balaban J connectivity index is 1.99. The van der Waals surface area contributed by atoms with Gasteiger partial charge in [-0.25, -0.2) is 10.8 Å². The standard InChI is InChI=1S/C10H14N6O3/c11-15-9-4-7(16(18)19)3-8(14-9)12-5-10(17)13-6-1-2-6/h3-4,6H,1-2,5,11H2,(H,13,17)(H2,12,14,15). The summed E-state index contributed by atoms with van der Waals surface area (Å²) in [6, 6.07) is 2.72. The van der Waals surface area contributed by atoms with Crippen LogP contribution >= 0.6 is 0 Å². The van der Waals surface area contributed by atoms with E-state index in [0.29, 0.717) is 0 Å². The molecule has 1 aliphatic carbocycles. The Kier molecular flexibility index (Phi) is 3.76. The summed E-state index contributed by atoms with van der Waals surface area (Å²) in [5, 5.41) is 16.2. The molecule has 2 rings (SSSR count). The van der Waals surface area contributed by atoms with Crippen LogP contribution in [0.15, 0.2) is 12.1 Å². The van der Waals surface area contributed by atoms with Crippen LogP contribution in [0.2, 0.25) is 0 Å². The van der Waals surface area contributed by atoms with Crippen LogP contribution in [-0.4, -0.2) is 28.4 Å². The molecule has 9 heteroatoms. The molecule has 1 aliphatic rings. The Morgan fingerprint density at radius 2 is 2.16 bits per heavy atom. The van der Waals surface area contributed by atoms with Gasteiger partial charge in [0, 0.05) is 6.04 Å². The molecule has 0 unspecified atom stereocenters. The zero-order valence-corrected chi connectivity index (χ0v) is 10.0. The number of nitrogens with two attached hydrogens (primary N) is 1. The fraction of sp³-hybridized carbons (Fsp3) is 0.400. The lowest BCUT2D eigenvalue weighted by Crippen LogP contribution is -2.31. The second-order valence-electron chi connectivity index (χ2n) is 4.19. The number of anilines is 2. The van der Waals surface area contributed by atoms with Crippen LogP contribution in [0.25, 0.3) is 0 Å². The number of nitrogen functional groups attached to an aromatic ring is 1. The van der Waals surface area contributed by atoms with Crippen molar-refractivity contribution in [2.75, 3.05) is 17.3 Å². The van der Waals surface area contributed by atoms with Gasteiger partial charge in [-0.1, -0.05) is 0 Å². The quantitative estimate of drug-likeness (QED) is 0.322. The highest BCUT2D eigenvalue weighted by Crippen LogP contribution is 2.20. The molecule has 0 radical (unpaired) electrons. The largest absolute Gasteiger partial charge is 0.361 e. The number of nitro groups is 1. The molecule has 0 saturated heterocycles. The molecule has 1 heterocycles. The van der Waals surface area contributed by atoms with E-state index in [0.717, 1.165) is 12.8 Å². The molecule has 1 saturated carbocycles. The third kappa shape index (κ3) is 3.78. The topological polar surface area (TPSA) is 135 Å². The van der Waals surface area contributed by atoms with Gasteiger partial charge in [-0.2, -0.15) is 0 Å². The number of rotatable bonds is 6. The first-order valence-electron chi connectivity index (χ1n) is 5.75. The molecule has 0 atom stereocenters. The Bertz CT molecular complexity index is 502. The van der Waals surface area contributed by atoms with Gasteiger partial charge >= 0.3 is 0 Å². The Morgan fingerprint density at radius 1 is 1.47 bits per heavy atom. The minimum absolute atomic E-state index is 0.00861. The summed E-state index contributed by atoms with van der Waals surface area (Å²) in [5.74, 6) is 5.38. The van der Waals surface area contributed by atoms with Crippen LogP contribution in [-0.2, 0) is 4.79 Å². The van der Waals surface area contributed by atoms with E-state index in [4.69, 9.17) is 5.84 Å². The Hall–Kier alpha value is -2.42. The highest BCUT2D eigenvalue weighted by atomic mass is 16.6. The molecule has 0 bridgehead atoms. The fourth-order valence-corrected chi connectivity index (χ4v) is 1.46. The summed E-state index contributed by atoms with van der Waals surface area (Å²) in [7, 11) is 0. The van der Waals surface area contributed by atoms with Crippen molar-refractivity contribution in [2.45, 2.75) is 18.9 Å². The monoisotopic (exact) mass is 266 g/mol. The first-order chi connectivity index (χ1) is 9.08. The number of carbonyl (C=O) groups is 1. The summed E-state index contributed by atoms with van der Waals surface area (Å²) in [6.07, 6.45) is 2.00. The third-order valence-corrected chi connectivity index (χ3v) is 2.54. The number of hydrazine groups is 1. The lowest BCUT2D eigenvalue weighted by Gasteiger charge is -2.07. The molecule has 5 N–H and O–H groups in total. The minimum atomic E-state index is -0.558. The van der Waals surface area contributed by atoms with E-state index >= 15 is 0 Å². The number of hydrogen-bond donors (Lipinski definition) is 4. The van der Waals surface area contributed by atoms with E-state index in [2.05, 4.69) is 21.0 Å². The predicted octanol–water partition coefficient (Wildman–Crippen LogP) is -0.0341. The maximum Gasteiger partial charge on any atom is 0.276 e. The zero-order valence-electron chi connectivity index (χ0n) is 10.0. The highest BCUT2D eigenvalue weighted by Gasteiger charge is 2.23. The normalized spacial score (nSPS) is 13.7. The van der Waals surface area contributed by atoms with Crippen molar-refractivity contribution in [1.82, 2.24) is 10.3 Å². The van der Waals surface area contributed by atoms with Gasteiger partial charge in [0.2, 0.25) is 5.91 Å². The first-order valence-corrected chi connectivity index (χ1v) is 5.75. The van der Waals surface area contributed by atoms with E-state index in [-0.39, 0.29) is 35.8 Å². The van der Waals surface area contributed by atoms with Crippen molar-refractivity contribution < 1.29 is 9.72 Å². The Labute approximate surface area is 108 Å². The van der Waals surface area contributed by atoms with Crippen LogP contribution in [0.3, 0.4) is 0 Å². The van der Waals surface area contributed by atoms with Crippen molar-refractivity contribution in [3.05, 3.63) is 22.2 Å². The van der Waals surface area contributed by atoms with Crippen molar-refractivity contribution >= 4 is 23.2 Å². The van der Waals surface area contributed by atoms with Gasteiger partial charge in [-0.15, -0.1) is 0 Å². The molecule has 1 amide bonds. The maximum atomic E-state index is 11.5. The summed E-state index contributed by atoms with van der Waals surface area (Å²) < 4.78 is 0. The fourth-order valence-electron chi connectivity index (χ4n) is 1.46. The molecule has 0 aromatic carbocycles. The minimum Gasteiger partial charge on any atom is -0.361 e. The summed E-state index contributed by atoms with van der Waals surface area (Å²) >= 11 is 0. The molecular weight excluding hydrogens is 252 g/mol. The summed E-state index contributed by atoms with van der Waals surface area (Å²) in [5.41, 5.74) is 2.08. The SMILES string of the molecule is NNc1cc([N+](=O)[O-])cc(NCC(=O)NC2CC2)n1. The van der Waals surface area contributed by atoms with Crippen molar-refractivity contribution in [2.24, 2.45) is 5.84 Å². The zero-order chi connectivity index (χ0) is 13.8. The lowest BCUT2D eigenvalue weighted by atomic mass is 10.3. The maximum absolute atomic E-state index is 11.5. The van der Waals surface area contributed by atoms with Crippen molar-refractivity contribution in [1.29, 1.82) is 0 Å². The van der Waals surface area contributed by atoms with Gasteiger partial charge in [0.15, 0.2) is 0 Å². The number of carbonyl (C=O) groups excluding carboxylic acids is 1. The van der Waals surface area contributed by atoms with Crippen LogP contribution in [0, 0.1) is 10.1 Å².